The monoisotopic (exact) mass is 336 g/mol. The van der Waals surface area contributed by atoms with E-state index in [0.29, 0.717) is 18.5 Å². The molecule has 0 aliphatic heterocycles. The van der Waals surface area contributed by atoms with Gasteiger partial charge in [-0.1, -0.05) is 36.4 Å². The zero-order valence-electron chi connectivity index (χ0n) is 14.1. The molecule has 0 saturated heterocycles. The number of nitrogens with one attached hydrogen (secondary N) is 1. The third-order valence-electron chi connectivity index (χ3n) is 4.09. The van der Waals surface area contributed by atoms with Crippen molar-refractivity contribution < 1.29 is 9.53 Å². The Morgan fingerprint density at radius 2 is 1.76 bits per heavy atom. The van der Waals surface area contributed by atoms with Crippen LogP contribution in [0.25, 0.3) is 10.9 Å². The normalized spacial score (nSPS) is 10.8. The Morgan fingerprint density at radius 3 is 2.56 bits per heavy atom. The zero-order chi connectivity index (χ0) is 17.6. The minimum Gasteiger partial charge on any atom is -0.380 e. The number of rotatable bonds is 6. The molecule has 0 aliphatic carbocycles. The lowest BCUT2D eigenvalue weighted by molar-refractivity contribution is -0.121. The van der Waals surface area contributed by atoms with Gasteiger partial charge in [-0.2, -0.15) is 0 Å². The van der Waals surface area contributed by atoms with Gasteiger partial charge in [-0.25, -0.2) is 0 Å². The van der Waals surface area contributed by atoms with E-state index in [1.807, 2.05) is 42.5 Å². The Labute approximate surface area is 145 Å². The maximum atomic E-state index is 12.3. The number of hydrogen-bond donors (Lipinski definition) is 1. The van der Waals surface area contributed by atoms with E-state index in [1.165, 1.54) is 6.07 Å². The molecule has 1 N–H and O–H groups in total. The van der Waals surface area contributed by atoms with Crippen LogP contribution in [0.15, 0.2) is 65.6 Å². The largest absolute Gasteiger partial charge is 0.380 e. The lowest BCUT2D eigenvalue weighted by atomic mass is 10.1. The number of nitrogens with zero attached hydrogens (tertiary/aromatic N) is 1. The Bertz CT molecular complexity index is 947. The summed E-state index contributed by atoms with van der Waals surface area (Å²) in [6.07, 6.45) is 1.66. The number of carbonyl (C=O) groups excluding carboxylic acids is 1. The standard InChI is InChI=1S/C20H20N2O3/c1-25-14-16-7-3-2-6-15(16)12-21-20(24)13-22-11-10-19(23)17-8-4-5-9-18(17)22/h2-11H,12-14H2,1H3,(H,21,24). The fourth-order valence-electron chi connectivity index (χ4n) is 2.83. The molecular formula is C20H20N2O3. The van der Waals surface area contributed by atoms with E-state index < -0.39 is 0 Å². The van der Waals surface area contributed by atoms with Crippen LogP contribution in [-0.2, 0) is 29.2 Å². The molecule has 0 bridgehead atoms. The molecule has 0 saturated carbocycles. The molecule has 0 aliphatic rings. The lowest BCUT2D eigenvalue weighted by Crippen LogP contribution is -2.28. The van der Waals surface area contributed by atoms with Crippen LogP contribution in [0.4, 0.5) is 0 Å². The second-order valence-electron chi connectivity index (χ2n) is 5.80. The molecule has 0 atom stereocenters. The number of para-hydroxylation sites is 1. The summed E-state index contributed by atoms with van der Waals surface area (Å²) in [4.78, 5) is 24.2. The Kier molecular flexibility index (Phi) is 5.26. The van der Waals surface area contributed by atoms with E-state index in [1.54, 1.807) is 23.9 Å². The van der Waals surface area contributed by atoms with E-state index in [9.17, 15) is 9.59 Å². The number of carbonyl (C=O) groups is 1. The van der Waals surface area contributed by atoms with E-state index in [0.717, 1.165) is 16.6 Å². The van der Waals surface area contributed by atoms with Crippen LogP contribution in [0.2, 0.25) is 0 Å². The molecule has 3 rings (SSSR count). The number of ether oxygens (including phenoxy) is 1. The third-order valence-corrected chi connectivity index (χ3v) is 4.09. The lowest BCUT2D eigenvalue weighted by Gasteiger charge is -2.12. The number of fused-ring (bicyclic) bond motifs is 1. The molecule has 0 unspecified atom stereocenters. The van der Waals surface area contributed by atoms with Gasteiger partial charge in [0.05, 0.1) is 12.1 Å². The number of benzene rings is 2. The van der Waals surface area contributed by atoms with Crippen molar-refractivity contribution in [1.29, 1.82) is 0 Å². The summed E-state index contributed by atoms with van der Waals surface area (Å²) >= 11 is 0. The Hall–Kier alpha value is -2.92. The first-order valence-electron chi connectivity index (χ1n) is 8.09. The molecule has 5 nitrogen and oxygen atoms in total. The first-order valence-corrected chi connectivity index (χ1v) is 8.09. The van der Waals surface area contributed by atoms with Crippen molar-refractivity contribution in [3.05, 3.63) is 82.1 Å². The van der Waals surface area contributed by atoms with Crippen LogP contribution in [0, 0.1) is 0 Å². The van der Waals surface area contributed by atoms with Gasteiger partial charge in [-0.15, -0.1) is 0 Å². The van der Waals surface area contributed by atoms with Crippen molar-refractivity contribution >= 4 is 16.8 Å². The van der Waals surface area contributed by atoms with Gasteiger partial charge in [0.25, 0.3) is 0 Å². The molecule has 128 valence electrons. The maximum absolute atomic E-state index is 12.3. The highest BCUT2D eigenvalue weighted by Crippen LogP contribution is 2.11. The molecule has 5 heteroatoms. The van der Waals surface area contributed by atoms with E-state index in [4.69, 9.17) is 4.74 Å². The summed E-state index contributed by atoms with van der Waals surface area (Å²) in [6.45, 7) is 1.11. The van der Waals surface area contributed by atoms with E-state index >= 15 is 0 Å². The SMILES string of the molecule is COCc1ccccc1CNC(=O)Cn1ccc(=O)c2ccccc21. The zero-order valence-corrected chi connectivity index (χ0v) is 14.1. The number of methoxy groups -OCH3 is 1. The van der Waals surface area contributed by atoms with Gasteiger partial charge < -0.3 is 14.6 Å². The van der Waals surface area contributed by atoms with Crippen molar-refractivity contribution in [2.75, 3.05) is 7.11 Å². The fourth-order valence-corrected chi connectivity index (χ4v) is 2.83. The molecule has 2 aromatic carbocycles. The third kappa shape index (κ3) is 3.95. The molecule has 0 fully saturated rings. The highest BCUT2D eigenvalue weighted by Gasteiger charge is 2.08. The second kappa shape index (κ2) is 7.77. The first-order chi connectivity index (χ1) is 12.2. The minimum absolute atomic E-state index is 0.0410. The highest BCUT2D eigenvalue weighted by molar-refractivity contribution is 5.82. The topological polar surface area (TPSA) is 60.3 Å². The number of amides is 1. The highest BCUT2D eigenvalue weighted by atomic mass is 16.5. The smallest absolute Gasteiger partial charge is 0.240 e. The number of aromatic nitrogens is 1. The van der Waals surface area contributed by atoms with Crippen molar-refractivity contribution in [1.82, 2.24) is 9.88 Å². The predicted octanol–water partition coefficient (Wildman–Crippen LogP) is 2.46. The van der Waals surface area contributed by atoms with Crippen LogP contribution >= 0.6 is 0 Å². The molecule has 0 spiro atoms. The van der Waals surface area contributed by atoms with Crippen molar-refractivity contribution in [3.63, 3.8) is 0 Å². The molecule has 1 aromatic heterocycles. The summed E-state index contributed by atoms with van der Waals surface area (Å²) in [5.74, 6) is -0.110. The van der Waals surface area contributed by atoms with Gasteiger partial charge in [0.2, 0.25) is 5.91 Å². The van der Waals surface area contributed by atoms with E-state index in [-0.39, 0.29) is 17.9 Å². The number of hydrogen-bond acceptors (Lipinski definition) is 3. The van der Waals surface area contributed by atoms with Gasteiger partial charge in [0, 0.05) is 31.3 Å². The summed E-state index contributed by atoms with van der Waals surface area (Å²) < 4.78 is 6.97. The summed E-state index contributed by atoms with van der Waals surface area (Å²) in [5, 5.41) is 3.55. The van der Waals surface area contributed by atoms with Crippen LogP contribution < -0.4 is 10.7 Å². The average Bonchev–Trinajstić information content (AvgIpc) is 2.64. The second-order valence-corrected chi connectivity index (χ2v) is 5.80. The average molecular weight is 336 g/mol. The van der Waals surface area contributed by atoms with Gasteiger partial charge in [0.1, 0.15) is 6.54 Å². The summed E-state index contributed by atoms with van der Waals surface area (Å²) in [6, 6.07) is 16.6. The fraction of sp³-hybridized carbons (Fsp3) is 0.200. The van der Waals surface area contributed by atoms with Crippen LogP contribution in [0.3, 0.4) is 0 Å². The molecule has 1 amide bonds. The minimum atomic E-state index is -0.110. The summed E-state index contributed by atoms with van der Waals surface area (Å²) in [7, 11) is 1.65. The van der Waals surface area contributed by atoms with E-state index in [2.05, 4.69) is 5.32 Å². The first kappa shape index (κ1) is 16.9. The molecular weight excluding hydrogens is 316 g/mol. The molecule has 25 heavy (non-hydrogen) atoms. The number of pyridine rings is 1. The predicted molar refractivity (Wildman–Crippen MR) is 97.2 cm³/mol. The summed E-state index contributed by atoms with van der Waals surface area (Å²) in [5.41, 5.74) is 2.80. The van der Waals surface area contributed by atoms with Gasteiger partial charge in [0.15, 0.2) is 5.43 Å². The quantitative estimate of drug-likeness (QED) is 0.752. The van der Waals surface area contributed by atoms with Gasteiger partial charge in [-0.3, -0.25) is 9.59 Å². The Morgan fingerprint density at radius 1 is 1.04 bits per heavy atom. The Balaban J connectivity index is 1.72. The van der Waals surface area contributed by atoms with Crippen LogP contribution in [0.1, 0.15) is 11.1 Å². The molecule has 1 heterocycles. The van der Waals surface area contributed by atoms with Gasteiger partial charge in [-0.05, 0) is 23.3 Å². The van der Waals surface area contributed by atoms with Crippen molar-refractivity contribution in [3.8, 4) is 0 Å². The molecule has 0 radical (unpaired) electrons. The van der Waals surface area contributed by atoms with Crippen molar-refractivity contribution in [2.45, 2.75) is 19.7 Å². The van der Waals surface area contributed by atoms with Crippen LogP contribution in [0.5, 0.6) is 0 Å². The molecule has 3 aromatic rings. The maximum Gasteiger partial charge on any atom is 0.240 e. The van der Waals surface area contributed by atoms with Gasteiger partial charge >= 0.3 is 0 Å². The van der Waals surface area contributed by atoms with Crippen molar-refractivity contribution in [2.24, 2.45) is 0 Å². The van der Waals surface area contributed by atoms with Crippen LogP contribution in [-0.4, -0.2) is 17.6 Å².